The summed E-state index contributed by atoms with van der Waals surface area (Å²) in [5.74, 6) is 0.332. The smallest absolute Gasteiger partial charge is 0.141 e. The van der Waals surface area contributed by atoms with Crippen molar-refractivity contribution in [1.82, 2.24) is 0 Å². The molecule has 1 nitrogen and oxygen atoms in total. The Bertz CT molecular complexity index is 541. The molecule has 0 unspecified atom stereocenters. The van der Waals surface area contributed by atoms with Crippen LogP contribution in [0.5, 0.6) is 0 Å². The Morgan fingerprint density at radius 3 is 2.44 bits per heavy atom. The molecule has 0 N–H and O–H groups in total. The van der Waals surface area contributed by atoms with E-state index in [0.29, 0.717) is 18.6 Å². The van der Waals surface area contributed by atoms with Crippen LogP contribution in [0.4, 0.5) is 0 Å². The standard InChI is InChI=1S/C15H12O/c16-13-9-12-7-4-8-14(15(12)10-13)11-5-2-1-3-6-11/h1-8H,9-10H2. The lowest BCUT2D eigenvalue weighted by Gasteiger charge is -2.07. The first kappa shape index (κ1) is 9.34. The molecule has 0 saturated heterocycles. The van der Waals surface area contributed by atoms with Gasteiger partial charge in [-0.15, -0.1) is 0 Å². The number of ketones is 1. The van der Waals surface area contributed by atoms with Crippen molar-refractivity contribution in [3.63, 3.8) is 0 Å². The molecule has 78 valence electrons. The summed E-state index contributed by atoms with van der Waals surface area (Å²) in [6.45, 7) is 0. The summed E-state index contributed by atoms with van der Waals surface area (Å²) in [4.78, 5) is 11.5. The normalized spacial score (nSPS) is 13.9. The molecule has 3 rings (SSSR count). The van der Waals surface area contributed by atoms with E-state index in [1.165, 1.54) is 22.3 Å². The number of carbonyl (C=O) groups is 1. The van der Waals surface area contributed by atoms with Gasteiger partial charge in [0.15, 0.2) is 0 Å². The van der Waals surface area contributed by atoms with Crippen LogP contribution >= 0.6 is 0 Å². The van der Waals surface area contributed by atoms with Crippen molar-refractivity contribution in [3.05, 3.63) is 59.7 Å². The fourth-order valence-electron chi connectivity index (χ4n) is 2.37. The maximum atomic E-state index is 11.5. The molecule has 2 aromatic rings. The number of Topliss-reactive ketones (excluding diaryl/α,β-unsaturated/α-hetero) is 1. The lowest BCUT2D eigenvalue weighted by molar-refractivity contribution is -0.117. The van der Waals surface area contributed by atoms with E-state index in [2.05, 4.69) is 24.3 Å². The average molecular weight is 208 g/mol. The maximum absolute atomic E-state index is 11.5. The first-order chi connectivity index (χ1) is 7.84. The van der Waals surface area contributed by atoms with Crippen molar-refractivity contribution in [3.8, 4) is 11.1 Å². The highest BCUT2D eigenvalue weighted by atomic mass is 16.1. The monoisotopic (exact) mass is 208 g/mol. The van der Waals surface area contributed by atoms with Crippen molar-refractivity contribution in [2.75, 3.05) is 0 Å². The SMILES string of the molecule is O=C1Cc2cccc(-c3ccccc3)c2C1. The van der Waals surface area contributed by atoms with Gasteiger partial charge in [0.1, 0.15) is 5.78 Å². The first-order valence-electron chi connectivity index (χ1n) is 5.52. The van der Waals surface area contributed by atoms with Crippen molar-refractivity contribution in [1.29, 1.82) is 0 Å². The summed E-state index contributed by atoms with van der Waals surface area (Å²) in [7, 11) is 0. The van der Waals surface area contributed by atoms with Gasteiger partial charge in [0, 0.05) is 12.8 Å². The molecule has 0 spiro atoms. The minimum atomic E-state index is 0.332. The molecule has 1 aliphatic carbocycles. The van der Waals surface area contributed by atoms with E-state index >= 15 is 0 Å². The van der Waals surface area contributed by atoms with Crippen LogP contribution in [0.3, 0.4) is 0 Å². The Morgan fingerprint density at radius 1 is 0.812 bits per heavy atom. The molecule has 1 aliphatic rings. The molecule has 1 heteroatoms. The molecule has 0 aromatic heterocycles. The fraction of sp³-hybridized carbons (Fsp3) is 0.133. The number of fused-ring (bicyclic) bond motifs is 1. The predicted octanol–water partition coefficient (Wildman–Crippen LogP) is 3.02. The van der Waals surface area contributed by atoms with Crippen LogP contribution in [-0.2, 0) is 17.6 Å². The third-order valence-corrected chi connectivity index (χ3v) is 3.12. The summed E-state index contributed by atoms with van der Waals surface area (Å²) < 4.78 is 0. The van der Waals surface area contributed by atoms with Crippen molar-refractivity contribution < 1.29 is 4.79 Å². The second-order valence-electron chi connectivity index (χ2n) is 4.20. The molecule has 0 amide bonds. The van der Waals surface area contributed by atoms with Crippen LogP contribution in [0.2, 0.25) is 0 Å². The minimum Gasteiger partial charge on any atom is -0.299 e. The van der Waals surface area contributed by atoms with Crippen LogP contribution in [0.1, 0.15) is 11.1 Å². The molecule has 2 aromatic carbocycles. The maximum Gasteiger partial charge on any atom is 0.141 e. The zero-order valence-corrected chi connectivity index (χ0v) is 8.94. The molecule has 0 bridgehead atoms. The summed E-state index contributed by atoms with van der Waals surface area (Å²) in [5, 5.41) is 0. The lowest BCUT2D eigenvalue weighted by Crippen LogP contribution is -1.93. The largest absolute Gasteiger partial charge is 0.299 e. The Kier molecular flexibility index (Phi) is 2.10. The second-order valence-corrected chi connectivity index (χ2v) is 4.20. The Labute approximate surface area is 94.7 Å². The zero-order valence-electron chi connectivity index (χ0n) is 8.94. The van der Waals surface area contributed by atoms with E-state index in [9.17, 15) is 4.79 Å². The third kappa shape index (κ3) is 1.45. The summed E-state index contributed by atoms with van der Waals surface area (Å²) >= 11 is 0. The number of benzene rings is 2. The quantitative estimate of drug-likeness (QED) is 0.704. The van der Waals surface area contributed by atoms with Gasteiger partial charge in [-0.1, -0.05) is 48.5 Å². The van der Waals surface area contributed by atoms with Crippen LogP contribution in [0, 0.1) is 0 Å². The van der Waals surface area contributed by atoms with Crippen LogP contribution in [0.15, 0.2) is 48.5 Å². The van der Waals surface area contributed by atoms with E-state index in [4.69, 9.17) is 0 Å². The van der Waals surface area contributed by atoms with E-state index in [0.717, 1.165) is 0 Å². The number of carbonyl (C=O) groups excluding carboxylic acids is 1. The molecule has 0 atom stereocenters. The van der Waals surface area contributed by atoms with Crippen LogP contribution in [0.25, 0.3) is 11.1 Å². The van der Waals surface area contributed by atoms with Crippen molar-refractivity contribution in [2.24, 2.45) is 0 Å². The van der Waals surface area contributed by atoms with Crippen LogP contribution in [-0.4, -0.2) is 5.78 Å². The highest BCUT2D eigenvalue weighted by molar-refractivity contribution is 5.91. The minimum absolute atomic E-state index is 0.332. The van der Waals surface area contributed by atoms with E-state index in [1.54, 1.807) is 0 Å². The van der Waals surface area contributed by atoms with E-state index in [-0.39, 0.29) is 0 Å². The predicted molar refractivity (Wildman–Crippen MR) is 64.3 cm³/mol. The summed E-state index contributed by atoms with van der Waals surface area (Å²) in [6, 6.07) is 16.5. The summed E-state index contributed by atoms with van der Waals surface area (Å²) in [6.07, 6.45) is 1.20. The third-order valence-electron chi connectivity index (χ3n) is 3.12. The van der Waals surface area contributed by atoms with Crippen molar-refractivity contribution >= 4 is 5.78 Å². The summed E-state index contributed by atoms with van der Waals surface area (Å²) in [5.41, 5.74) is 4.84. The number of hydrogen-bond acceptors (Lipinski definition) is 1. The molecular formula is C15H12O. The van der Waals surface area contributed by atoms with Gasteiger partial charge in [0.05, 0.1) is 0 Å². The Hall–Kier alpha value is -1.89. The molecule has 0 heterocycles. The second kappa shape index (κ2) is 3.60. The van der Waals surface area contributed by atoms with Crippen LogP contribution < -0.4 is 0 Å². The number of hydrogen-bond donors (Lipinski definition) is 0. The topological polar surface area (TPSA) is 17.1 Å². The average Bonchev–Trinajstić information content (AvgIpc) is 2.70. The molecule has 0 fully saturated rings. The van der Waals surface area contributed by atoms with E-state index < -0.39 is 0 Å². The Balaban J connectivity index is 2.17. The highest BCUT2D eigenvalue weighted by Gasteiger charge is 2.21. The molecule has 16 heavy (non-hydrogen) atoms. The van der Waals surface area contributed by atoms with E-state index in [1.807, 2.05) is 24.3 Å². The van der Waals surface area contributed by atoms with Gasteiger partial charge in [-0.2, -0.15) is 0 Å². The van der Waals surface area contributed by atoms with Crippen molar-refractivity contribution in [2.45, 2.75) is 12.8 Å². The fourth-order valence-corrected chi connectivity index (χ4v) is 2.37. The zero-order chi connectivity index (χ0) is 11.0. The number of rotatable bonds is 1. The molecule has 0 radical (unpaired) electrons. The molecular weight excluding hydrogens is 196 g/mol. The highest BCUT2D eigenvalue weighted by Crippen LogP contribution is 2.30. The van der Waals surface area contributed by atoms with Gasteiger partial charge in [-0.3, -0.25) is 4.79 Å². The van der Waals surface area contributed by atoms with Gasteiger partial charge in [0.25, 0.3) is 0 Å². The Morgan fingerprint density at radius 2 is 1.62 bits per heavy atom. The first-order valence-corrected chi connectivity index (χ1v) is 5.52. The van der Waals surface area contributed by atoms with Gasteiger partial charge < -0.3 is 0 Å². The molecule has 0 aliphatic heterocycles. The van der Waals surface area contributed by atoms with Gasteiger partial charge >= 0.3 is 0 Å². The van der Waals surface area contributed by atoms with Gasteiger partial charge in [-0.25, -0.2) is 0 Å². The van der Waals surface area contributed by atoms with Gasteiger partial charge in [0.2, 0.25) is 0 Å². The lowest BCUT2D eigenvalue weighted by atomic mass is 9.97. The molecule has 0 saturated carbocycles. The van der Waals surface area contributed by atoms with Gasteiger partial charge in [-0.05, 0) is 22.3 Å².